The Labute approximate surface area is 123 Å². The van der Waals surface area contributed by atoms with Gasteiger partial charge < -0.3 is 19.6 Å². The van der Waals surface area contributed by atoms with E-state index in [1.807, 2.05) is 0 Å². The van der Waals surface area contributed by atoms with Gasteiger partial charge in [-0.15, -0.1) is 0 Å². The minimum atomic E-state index is -1.06. The molecule has 2 atom stereocenters. The summed E-state index contributed by atoms with van der Waals surface area (Å²) in [4.78, 5) is 38.8. The monoisotopic (exact) mass is 298 g/mol. The van der Waals surface area contributed by atoms with Crippen molar-refractivity contribution in [2.75, 3.05) is 26.2 Å². The molecule has 0 spiro atoms. The summed E-state index contributed by atoms with van der Waals surface area (Å²) in [5.74, 6) is -1.22. The lowest BCUT2D eigenvalue weighted by Crippen LogP contribution is -2.57. The third-order valence-electron chi connectivity index (χ3n) is 4.06. The molecule has 2 unspecified atom stereocenters. The average Bonchev–Trinajstić information content (AvgIpc) is 2.53. The van der Waals surface area contributed by atoms with E-state index in [2.05, 4.69) is 0 Å². The molecular formula is C14H22N2O5. The Morgan fingerprint density at radius 1 is 1.24 bits per heavy atom. The maximum Gasteiger partial charge on any atom is 0.334 e. The SMILES string of the molecule is CCC(=O)N1CCCCC1C(=O)N1CCOC(C(=O)O)C1. The van der Waals surface area contributed by atoms with Crippen molar-refractivity contribution in [2.24, 2.45) is 0 Å². The highest BCUT2D eigenvalue weighted by atomic mass is 16.5. The number of likely N-dealkylation sites (tertiary alicyclic amines) is 1. The molecule has 2 heterocycles. The molecule has 0 radical (unpaired) electrons. The van der Waals surface area contributed by atoms with Gasteiger partial charge in [-0.05, 0) is 19.3 Å². The summed E-state index contributed by atoms with van der Waals surface area (Å²) >= 11 is 0. The molecule has 1 N–H and O–H groups in total. The second-order valence-corrected chi connectivity index (χ2v) is 5.43. The number of aliphatic carboxylic acids is 1. The lowest BCUT2D eigenvalue weighted by atomic mass is 10.00. The number of amides is 2. The van der Waals surface area contributed by atoms with Crippen molar-refractivity contribution in [3.05, 3.63) is 0 Å². The molecule has 2 fully saturated rings. The van der Waals surface area contributed by atoms with Gasteiger partial charge in [0.2, 0.25) is 11.8 Å². The first kappa shape index (κ1) is 15.8. The first-order chi connectivity index (χ1) is 10.0. The van der Waals surface area contributed by atoms with Crippen LogP contribution in [0, 0.1) is 0 Å². The second-order valence-electron chi connectivity index (χ2n) is 5.43. The Kier molecular flexibility index (Phi) is 5.17. The van der Waals surface area contributed by atoms with Crippen molar-refractivity contribution in [3.63, 3.8) is 0 Å². The fourth-order valence-corrected chi connectivity index (χ4v) is 2.90. The number of ether oxygens (including phenoxy) is 1. The van der Waals surface area contributed by atoms with E-state index < -0.39 is 18.1 Å². The lowest BCUT2D eigenvalue weighted by Gasteiger charge is -2.39. The van der Waals surface area contributed by atoms with Gasteiger partial charge in [-0.2, -0.15) is 0 Å². The number of hydrogen-bond acceptors (Lipinski definition) is 4. The summed E-state index contributed by atoms with van der Waals surface area (Å²) in [6.07, 6.45) is 1.89. The highest BCUT2D eigenvalue weighted by molar-refractivity contribution is 5.88. The Morgan fingerprint density at radius 3 is 2.67 bits per heavy atom. The van der Waals surface area contributed by atoms with Gasteiger partial charge in [0, 0.05) is 19.5 Å². The van der Waals surface area contributed by atoms with Gasteiger partial charge in [0.05, 0.1) is 13.2 Å². The molecule has 2 aliphatic heterocycles. The fourth-order valence-electron chi connectivity index (χ4n) is 2.90. The van der Waals surface area contributed by atoms with Gasteiger partial charge >= 0.3 is 5.97 Å². The molecular weight excluding hydrogens is 276 g/mol. The molecule has 0 aromatic carbocycles. The fraction of sp³-hybridized carbons (Fsp3) is 0.786. The summed E-state index contributed by atoms with van der Waals surface area (Å²) in [7, 11) is 0. The summed E-state index contributed by atoms with van der Waals surface area (Å²) in [5.41, 5.74) is 0. The van der Waals surface area contributed by atoms with E-state index in [1.54, 1.807) is 11.8 Å². The van der Waals surface area contributed by atoms with E-state index in [-0.39, 0.29) is 25.0 Å². The van der Waals surface area contributed by atoms with Crippen molar-refractivity contribution in [2.45, 2.75) is 44.8 Å². The van der Waals surface area contributed by atoms with E-state index in [4.69, 9.17) is 9.84 Å². The van der Waals surface area contributed by atoms with E-state index in [0.717, 1.165) is 12.8 Å². The predicted octanol–water partition coefficient (Wildman–Crippen LogP) is 0.0895. The number of carboxylic acid groups (broad SMARTS) is 1. The van der Waals surface area contributed by atoms with Crippen LogP contribution in [-0.2, 0) is 19.1 Å². The van der Waals surface area contributed by atoms with Crippen LogP contribution in [0.15, 0.2) is 0 Å². The van der Waals surface area contributed by atoms with Crippen LogP contribution in [0.25, 0.3) is 0 Å². The highest BCUT2D eigenvalue weighted by Crippen LogP contribution is 2.21. The topological polar surface area (TPSA) is 87.2 Å². The number of rotatable bonds is 3. The van der Waals surface area contributed by atoms with Gasteiger partial charge in [0.15, 0.2) is 6.10 Å². The molecule has 2 rings (SSSR count). The third kappa shape index (κ3) is 3.53. The molecule has 118 valence electrons. The molecule has 7 nitrogen and oxygen atoms in total. The number of nitrogens with zero attached hydrogens (tertiary/aromatic N) is 2. The molecule has 0 aromatic heterocycles. The van der Waals surface area contributed by atoms with Gasteiger partial charge in [-0.1, -0.05) is 6.92 Å². The van der Waals surface area contributed by atoms with Gasteiger partial charge in [0.25, 0.3) is 0 Å². The molecule has 21 heavy (non-hydrogen) atoms. The molecule has 2 amide bonds. The molecule has 2 saturated heterocycles. The van der Waals surface area contributed by atoms with Crippen LogP contribution in [0.4, 0.5) is 0 Å². The van der Waals surface area contributed by atoms with Crippen LogP contribution in [0.1, 0.15) is 32.6 Å². The van der Waals surface area contributed by atoms with E-state index in [9.17, 15) is 14.4 Å². The molecule has 0 aromatic rings. The van der Waals surface area contributed by atoms with E-state index in [1.165, 1.54) is 4.90 Å². The Bertz CT molecular complexity index is 426. The minimum absolute atomic E-state index is 0.0175. The lowest BCUT2D eigenvalue weighted by molar-refractivity contribution is -0.163. The van der Waals surface area contributed by atoms with Crippen molar-refractivity contribution in [1.29, 1.82) is 0 Å². The van der Waals surface area contributed by atoms with Crippen molar-refractivity contribution in [1.82, 2.24) is 9.80 Å². The third-order valence-corrected chi connectivity index (χ3v) is 4.06. The summed E-state index contributed by atoms with van der Waals surface area (Å²) in [5, 5.41) is 9.00. The summed E-state index contributed by atoms with van der Waals surface area (Å²) in [6.45, 7) is 3.05. The van der Waals surface area contributed by atoms with Crippen LogP contribution < -0.4 is 0 Å². The quantitative estimate of drug-likeness (QED) is 0.798. The molecule has 7 heteroatoms. The molecule has 2 aliphatic rings. The highest BCUT2D eigenvalue weighted by Gasteiger charge is 2.37. The number of carbonyl (C=O) groups excluding carboxylic acids is 2. The minimum Gasteiger partial charge on any atom is -0.479 e. The first-order valence-corrected chi connectivity index (χ1v) is 7.47. The smallest absolute Gasteiger partial charge is 0.334 e. The Hall–Kier alpha value is -1.63. The average molecular weight is 298 g/mol. The maximum atomic E-state index is 12.6. The van der Waals surface area contributed by atoms with Crippen LogP contribution in [0.3, 0.4) is 0 Å². The number of piperidine rings is 1. The zero-order chi connectivity index (χ0) is 15.4. The van der Waals surface area contributed by atoms with Crippen molar-refractivity contribution in [3.8, 4) is 0 Å². The molecule has 0 saturated carbocycles. The summed E-state index contributed by atoms with van der Waals surface area (Å²) in [6, 6.07) is -0.446. The molecule has 0 aliphatic carbocycles. The predicted molar refractivity (Wildman–Crippen MR) is 73.6 cm³/mol. The zero-order valence-electron chi connectivity index (χ0n) is 12.3. The van der Waals surface area contributed by atoms with Crippen LogP contribution in [0.2, 0.25) is 0 Å². The van der Waals surface area contributed by atoms with Gasteiger partial charge in [-0.25, -0.2) is 4.79 Å². The Balaban J connectivity index is 2.06. The number of hydrogen-bond donors (Lipinski definition) is 1. The molecule has 0 bridgehead atoms. The van der Waals surface area contributed by atoms with Crippen molar-refractivity contribution < 1.29 is 24.2 Å². The van der Waals surface area contributed by atoms with Crippen LogP contribution >= 0.6 is 0 Å². The largest absolute Gasteiger partial charge is 0.479 e. The van der Waals surface area contributed by atoms with Gasteiger partial charge in [0.1, 0.15) is 6.04 Å². The Morgan fingerprint density at radius 2 is 2.00 bits per heavy atom. The van der Waals surface area contributed by atoms with Gasteiger partial charge in [-0.3, -0.25) is 9.59 Å². The standard InChI is InChI=1S/C14H22N2O5/c1-2-12(17)16-6-4-3-5-10(16)13(18)15-7-8-21-11(9-15)14(19)20/h10-11H,2-9H2,1H3,(H,19,20). The first-order valence-electron chi connectivity index (χ1n) is 7.47. The number of carboxylic acids is 1. The second kappa shape index (κ2) is 6.89. The van der Waals surface area contributed by atoms with E-state index in [0.29, 0.717) is 25.9 Å². The summed E-state index contributed by atoms with van der Waals surface area (Å²) < 4.78 is 5.13. The normalized spacial score (nSPS) is 26.5. The number of carbonyl (C=O) groups is 3. The van der Waals surface area contributed by atoms with Crippen LogP contribution in [0.5, 0.6) is 0 Å². The number of morpholine rings is 1. The van der Waals surface area contributed by atoms with Crippen molar-refractivity contribution >= 4 is 17.8 Å². The zero-order valence-corrected chi connectivity index (χ0v) is 12.3. The van der Waals surface area contributed by atoms with E-state index >= 15 is 0 Å². The van der Waals surface area contributed by atoms with Crippen LogP contribution in [-0.4, -0.2) is 71.1 Å². The maximum absolute atomic E-state index is 12.6.